The highest BCUT2D eigenvalue weighted by molar-refractivity contribution is 5.74. The van der Waals surface area contributed by atoms with Gasteiger partial charge in [-0.1, -0.05) is 12.1 Å². The number of ether oxygens (including phenoxy) is 3. The first-order chi connectivity index (χ1) is 11.2. The van der Waals surface area contributed by atoms with E-state index in [-0.39, 0.29) is 24.2 Å². The van der Waals surface area contributed by atoms with Crippen molar-refractivity contribution in [3.05, 3.63) is 23.8 Å². The number of hydrogen-bond donors (Lipinski definition) is 2. The van der Waals surface area contributed by atoms with Gasteiger partial charge in [-0.3, -0.25) is 0 Å². The molecule has 126 valence electrons. The molecule has 1 saturated heterocycles. The van der Waals surface area contributed by atoms with Crippen molar-refractivity contribution < 1.29 is 19.0 Å². The number of rotatable bonds is 4. The highest BCUT2D eigenvalue weighted by atomic mass is 16.5. The van der Waals surface area contributed by atoms with E-state index in [2.05, 4.69) is 10.6 Å². The van der Waals surface area contributed by atoms with Crippen LogP contribution in [0.3, 0.4) is 0 Å². The number of hydrogen-bond acceptors (Lipinski definition) is 4. The Labute approximate surface area is 136 Å². The fourth-order valence-corrected chi connectivity index (χ4v) is 3.17. The lowest BCUT2D eigenvalue weighted by molar-refractivity contribution is 0.0856. The third-order valence-electron chi connectivity index (χ3n) is 4.39. The van der Waals surface area contributed by atoms with Crippen LogP contribution in [0.5, 0.6) is 11.5 Å². The minimum Gasteiger partial charge on any atom is -0.493 e. The molecule has 6 heteroatoms. The fraction of sp³-hybridized carbons (Fsp3) is 0.588. The van der Waals surface area contributed by atoms with Crippen molar-refractivity contribution in [1.82, 2.24) is 10.6 Å². The average Bonchev–Trinajstić information content (AvgIpc) is 3.08. The zero-order valence-corrected chi connectivity index (χ0v) is 13.6. The van der Waals surface area contributed by atoms with Crippen LogP contribution in [0.1, 0.15) is 25.3 Å². The summed E-state index contributed by atoms with van der Waals surface area (Å²) in [6.07, 6.45) is 2.91. The molecule has 0 aromatic heterocycles. The van der Waals surface area contributed by atoms with Crippen molar-refractivity contribution in [3.63, 3.8) is 0 Å². The van der Waals surface area contributed by atoms with E-state index in [0.29, 0.717) is 6.61 Å². The summed E-state index contributed by atoms with van der Waals surface area (Å²) in [6, 6.07) is 5.60. The predicted molar refractivity (Wildman–Crippen MR) is 86.1 cm³/mol. The number of methoxy groups -OCH3 is 1. The number of fused-ring (bicyclic) bond motifs is 1. The van der Waals surface area contributed by atoms with Crippen molar-refractivity contribution in [2.24, 2.45) is 0 Å². The zero-order valence-electron chi connectivity index (χ0n) is 13.6. The van der Waals surface area contributed by atoms with Gasteiger partial charge in [-0.25, -0.2) is 4.79 Å². The molecule has 0 saturated carbocycles. The monoisotopic (exact) mass is 320 g/mol. The van der Waals surface area contributed by atoms with Gasteiger partial charge in [-0.05, 0) is 32.3 Å². The lowest BCUT2D eigenvalue weighted by Gasteiger charge is -2.28. The summed E-state index contributed by atoms with van der Waals surface area (Å²) >= 11 is 0. The maximum Gasteiger partial charge on any atom is 0.315 e. The van der Waals surface area contributed by atoms with Crippen molar-refractivity contribution in [1.29, 1.82) is 0 Å². The molecule has 2 amide bonds. The molecule has 2 N–H and O–H groups in total. The first-order valence-electron chi connectivity index (χ1n) is 8.14. The predicted octanol–water partition coefficient (Wildman–Crippen LogP) is 1.87. The Morgan fingerprint density at radius 3 is 3.04 bits per heavy atom. The summed E-state index contributed by atoms with van der Waals surface area (Å²) in [4.78, 5) is 12.2. The van der Waals surface area contributed by atoms with Crippen molar-refractivity contribution in [2.75, 3.05) is 20.3 Å². The first kappa shape index (κ1) is 15.9. The first-order valence-corrected chi connectivity index (χ1v) is 8.14. The molecule has 3 atom stereocenters. The molecule has 1 aromatic rings. The third kappa shape index (κ3) is 3.69. The summed E-state index contributed by atoms with van der Waals surface area (Å²) in [5, 5.41) is 5.94. The van der Waals surface area contributed by atoms with Crippen molar-refractivity contribution >= 4 is 6.03 Å². The molecule has 0 spiro atoms. The van der Waals surface area contributed by atoms with Gasteiger partial charge in [0, 0.05) is 12.2 Å². The van der Waals surface area contributed by atoms with E-state index in [1.807, 2.05) is 25.1 Å². The molecular weight excluding hydrogens is 296 g/mol. The lowest BCUT2D eigenvalue weighted by Crippen LogP contribution is -2.51. The number of amides is 2. The van der Waals surface area contributed by atoms with E-state index in [1.54, 1.807) is 7.11 Å². The highest BCUT2D eigenvalue weighted by Gasteiger charge is 2.26. The molecule has 6 nitrogen and oxygen atoms in total. The van der Waals surface area contributed by atoms with E-state index in [9.17, 15) is 4.79 Å². The fourth-order valence-electron chi connectivity index (χ4n) is 3.17. The summed E-state index contributed by atoms with van der Waals surface area (Å²) in [5.41, 5.74) is 1.05. The van der Waals surface area contributed by atoms with Crippen molar-refractivity contribution in [3.8, 4) is 11.5 Å². The standard InChI is InChI=1S/C17H24N2O4/c1-11(14-7-4-8-22-14)18-17(20)19-13-9-12-5-3-6-15(21-2)16(12)23-10-13/h3,5-6,11,13-14H,4,7-10H2,1-2H3,(H2,18,19,20)/t11-,13+,14+/m0/s1. The number of benzene rings is 1. The smallest absolute Gasteiger partial charge is 0.315 e. The van der Waals surface area contributed by atoms with Gasteiger partial charge in [0.05, 0.1) is 25.3 Å². The maximum absolute atomic E-state index is 12.2. The SMILES string of the molecule is COc1cccc2c1OC[C@H](NC(=O)N[C@@H](C)[C@H]1CCCO1)C2. The lowest BCUT2D eigenvalue weighted by atomic mass is 10.0. The van der Waals surface area contributed by atoms with Gasteiger partial charge in [0.25, 0.3) is 0 Å². The van der Waals surface area contributed by atoms with E-state index in [1.165, 1.54) is 0 Å². The van der Waals surface area contributed by atoms with Gasteiger partial charge in [0.15, 0.2) is 11.5 Å². The second kappa shape index (κ2) is 7.08. The average molecular weight is 320 g/mol. The number of carbonyl (C=O) groups is 1. The van der Waals surface area contributed by atoms with E-state index < -0.39 is 0 Å². The van der Waals surface area contributed by atoms with Gasteiger partial charge in [0.1, 0.15) is 6.61 Å². The summed E-state index contributed by atoms with van der Waals surface area (Å²) in [6.45, 7) is 3.20. The maximum atomic E-state index is 12.2. The molecule has 2 heterocycles. The quantitative estimate of drug-likeness (QED) is 0.888. The summed E-state index contributed by atoms with van der Waals surface area (Å²) < 4.78 is 16.7. The van der Waals surface area contributed by atoms with Crippen LogP contribution in [0, 0.1) is 0 Å². The summed E-state index contributed by atoms with van der Waals surface area (Å²) in [7, 11) is 1.63. The van der Waals surface area contributed by atoms with Crippen LogP contribution in [0.25, 0.3) is 0 Å². The van der Waals surface area contributed by atoms with E-state index in [0.717, 1.165) is 42.9 Å². The summed E-state index contributed by atoms with van der Waals surface area (Å²) in [5.74, 6) is 1.51. The molecule has 2 aliphatic heterocycles. The molecule has 0 radical (unpaired) electrons. The third-order valence-corrected chi connectivity index (χ3v) is 4.39. The van der Waals surface area contributed by atoms with E-state index in [4.69, 9.17) is 14.2 Å². The van der Waals surface area contributed by atoms with Crippen LogP contribution in [-0.4, -0.2) is 44.5 Å². The Hall–Kier alpha value is -1.95. The molecule has 3 rings (SSSR count). The Kier molecular flexibility index (Phi) is 4.91. The van der Waals surface area contributed by atoms with Gasteiger partial charge >= 0.3 is 6.03 Å². The van der Waals surface area contributed by atoms with Crippen molar-refractivity contribution in [2.45, 2.75) is 44.4 Å². The normalized spacial score (nSPS) is 24.3. The van der Waals surface area contributed by atoms with Gasteiger partial charge in [-0.2, -0.15) is 0 Å². The van der Waals surface area contributed by atoms with Gasteiger partial charge in [0.2, 0.25) is 0 Å². The Morgan fingerprint density at radius 2 is 2.30 bits per heavy atom. The minimum absolute atomic E-state index is 0.00869. The van der Waals surface area contributed by atoms with Crippen LogP contribution in [0.4, 0.5) is 4.79 Å². The van der Waals surface area contributed by atoms with Crippen LogP contribution >= 0.6 is 0 Å². The molecule has 1 fully saturated rings. The van der Waals surface area contributed by atoms with Crippen LogP contribution in [0.2, 0.25) is 0 Å². The molecule has 0 aliphatic carbocycles. The highest BCUT2D eigenvalue weighted by Crippen LogP contribution is 2.34. The molecule has 0 bridgehead atoms. The molecular formula is C17H24N2O4. The van der Waals surface area contributed by atoms with E-state index >= 15 is 0 Å². The number of carbonyl (C=O) groups excluding carboxylic acids is 1. The molecule has 1 aromatic carbocycles. The van der Waals surface area contributed by atoms with Gasteiger partial charge in [-0.15, -0.1) is 0 Å². The Morgan fingerprint density at radius 1 is 1.43 bits per heavy atom. The largest absolute Gasteiger partial charge is 0.493 e. The molecule has 0 unspecified atom stereocenters. The zero-order chi connectivity index (χ0) is 16.2. The van der Waals surface area contributed by atoms with Crippen LogP contribution in [0.15, 0.2) is 18.2 Å². The topological polar surface area (TPSA) is 68.8 Å². The molecule has 2 aliphatic rings. The Bertz CT molecular complexity index is 558. The number of urea groups is 1. The van der Waals surface area contributed by atoms with Crippen LogP contribution < -0.4 is 20.1 Å². The Balaban J connectivity index is 1.53. The second-order valence-corrected chi connectivity index (χ2v) is 6.12. The van der Waals surface area contributed by atoms with Crippen LogP contribution in [-0.2, 0) is 11.2 Å². The second-order valence-electron chi connectivity index (χ2n) is 6.12. The molecule has 23 heavy (non-hydrogen) atoms. The number of para-hydroxylation sites is 1. The van der Waals surface area contributed by atoms with Gasteiger partial charge < -0.3 is 24.8 Å². The number of nitrogens with one attached hydrogen (secondary N) is 2. The minimum atomic E-state index is -0.173.